The van der Waals surface area contributed by atoms with Crippen molar-refractivity contribution in [3.8, 4) is 11.5 Å². The number of ether oxygens (including phenoxy) is 2. The number of aliphatic hydroxyl groups is 1. The van der Waals surface area contributed by atoms with Crippen molar-refractivity contribution >= 4 is 17.9 Å². The summed E-state index contributed by atoms with van der Waals surface area (Å²) in [7, 11) is 1.46. The van der Waals surface area contributed by atoms with Gasteiger partial charge in [0.05, 0.1) is 12.7 Å². The molecule has 2 rings (SSSR count). The van der Waals surface area contributed by atoms with Gasteiger partial charge < -0.3 is 14.6 Å². The van der Waals surface area contributed by atoms with Crippen LogP contribution in [0.5, 0.6) is 11.5 Å². The Kier molecular flexibility index (Phi) is 5.20. The Bertz CT molecular complexity index is 613. The zero-order valence-corrected chi connectivity index (χ0v) is 12.2. The number of hydrogen-bond donors (Lipinski definition) is 1. The van der Waals surface area contributed by atoms with Gasteiger partial charge in [0, 0.05) is 11.1 Å². The quantitative estimate of drug-likeness (QED) is 0.832. The van der Waals surface area contributed by atoms with Gasteiger partial charge in [-0.25, -0.2) is 0 Å². The number of carbonyl (C=O) groups excluding carboxylic acids is 1. The molecule has 1 N–H and O–H groups in total. The molecule has 0 aliphatic heterocycles. The summed E-state index contributed by atoms with van der Waals surface area (Å²) >= 11 is 5.89. The van der Waals surface area contributed by atoms with E-state index in [9.17, 15) is 9.90 Å². The maximum atomic E-state index is 11.1. The SMILES string of the molecule is COc1cc(Cl)cc(C=O)c1OCC(O)c1ccccc1. The Morgan fingerprint density at radius 3 is 2.62 bits per heavy atom. The maximum absolute atomic E-state index is 11.1. The molecule has 4 nitrogen and oxygen atoms in total. The van der Waals surface area contributed by atoms with Crippen LogP contribution in [-0.4, -0.2) is 25.1 Å². The maximum Gasteiger partial charge on any atom is 0.171 e. The third-order valence-electron chi connectivity index (χ3n) is 2.97. The second kappa shape index (κ2) is 7.11. The fraction of sp³-hybridized carbons (Fsp3) is 0.188. The van der Waals surface area contributed by atoms with Gasteiger partial charge >= 0.3 is 0 Å². The fourth-order valence-corrected chi connectivity index (χ4v) is 2.13. The molecule has 0 saturated carbocycles. The van der Waals surface area contributed by atoms with Gasteiger partial charge in [0.15, 0.2) is 17.8 Å². The average molecular weight is 307 g/mol. The van der Waals surface area contributed by atoms with Crippen LogP contribution in [0.4, 0.5) is 0 Å². The molecule has 2 aromatic rings. The van der Waals surface area contributed by atoms with Crippen LogP contribution in [0.2, 0.25) is 5.02 Å². The third kappa shape index (κ3) is 3.74. The van der Waals surface area contributed by atoms with Crippen LogP contribution in [0, 0.1) is 0 Å². The molecule has 1 unspecified atom stereocenters. The lowest BCUT2D eigenvalue weighted by Crippen LogP contribution is -2.11. The molecule has 0 radical (unpaired) electrons. The van der Waals surface area contributed by atoms with Gasteiger partial charge in [0.25, 0.3) is 0 Å². The first-order valence-corrected chi connectivity index (χ1v) is 6.72. The van der Waals surface area contributed by atoms with Crippen LogP contribution >= 0.6 is 11.6 Å². The molecule has 5 heteroatoms. The van der Waals surface area contributed by atoms with Gasteiger partial charge in [-0.15, -0.1) is 0 Å². The summed E-state index contributed by atoms with van der Waals surface area (Å²) in [6, 6.07) is 12.2. The van der Waals surface area contributed by atoms with Gasteiger partial charge in [-0.05, 0) is 11.6 Å². The summed E-state index contributed by atoms with van der Waals surface area (Å²) in [4.78, 5) is 11.1. The van der Waals surface area contributed by atoms with E-state index < -0.39 is 6.10 Å². The van der Waals surface area contributed by atoms with E-state index in [4.69, 9.17) is 21.1 Å². The minimum absolute atomic E-state index is 0.00282. The first-order chi connectivity index (χ1) is 10.2. The molecule has 0 saturated heterocycles. The van der Waals surface area contributed by atoms with E-state index in [1.165, 1.54) is 13.2 Å². The monoisotopic (exact) mass is 306 g/mol. The summed E-state index contributed by atoms with van der Waals surface area (Å²) in [5.41, 5.74) is 1.01. The van der Waals surface area contributed by atoms with Crippen molar-refractivity contribution in [3.05, 3.63) is 58.6 Å². The summed E-state index contributed by atoms with van der Waals surface area (Å²) in [5.74, 6) is 0.622. The molecular formula is C16H15ClO4. The number of carbonyl (C=O) groups is 1. The highest BCUT2D eigenvalue weighted by Crippen LogP contribution is 2.34. The molecule has 0 aliphatic rings. The van der Waals surface area contributed by atoms with Crippen LogP contribution in [0.3, 0.4) is 0 Å². The molecule has 0 fully saturated rings. The highest BCUT2D eigenvalue weighted by molar-refractivity contribution is 6.31. The van der Waals surface area contributed by atoms with Crippen molar-refractivity contribution in [1.82, 2.24) is 0 Å². The number of benzene rings is 2. The predicted octanol–water partition coefficient (Wildman–Crippen LogP) is 3.27. The Morgan fingerprint density at radius 2 is 2.00 bits per heavy atom. The number of aliphatic hydroxyl groups excluding tert-OH is 1. The van der Waals surface area contributed by atoms with E-state index in [1.807, 2.05) is 18.2 Å². The van der Waals surface area contributed by atoms with Crippen molar-refractivity contribution < 1.29 is 19.4 Å². The normalized spacial score (nSPS) is 11.8. The van der Waals surface area contributed by atoms with E-state index in [2.05, 4.69) is 0 Å². The smallest absolute Gasteiger partial charge is 0.171 e. The van der Waals surface area contributed by atoms with E-state index in [0.29, 0.717) is 17.1 Å². The van der Waals surface area contributed by atoms with Crippen molar-refractivity contribution in [3.63, 3.8) is 0 Å². The van der Waals surface area contributed by atoms with E-state index in [1.54, 1.807) is 18.2 Å². The van der Waals surface area contributed by atoms with Crippen molar-refractivity contribution in [1.29, 1.82) is 0 Å². The van der Waals surface area contributed by atoms with Crippen LogP contribution in [0.1, 0.15) is 22.0 Å². The number of rotatable bonds is 6. The fourth-order valence-electron chi connectivity index (χ4n) is 1.92. The van der Waals surface area contributed by atoms with E-state index in [0.717, 1.165) is 5.56 Å². The molecule has 21 heavy (non-hydrogen) atoms. The number of methoxy groups -OCH3 is 1. The Hall–Kier alpha value is -2.04. The van der Waals surface area contributed by atoms with E-state index in [-0.39, 0.29) is 17.9 Å². The summed E-state index contributed by atoms with van der Waals surface area (Å²) in [6.45, 7) is 0.00282. The Balaban J connectivity index is 2.18. The molecule has 1 atom stereocenters. The van der Waals surface area contributed by atoms with Gasteiger partial charge in [-0.3, -0.25) is 4.79 Å². The molecule has 0 spiro atoms. The van der Waals surface area contributed by atoms with Crippen LogP contribution < -0.4 is 9.47 Å². The van der Waals surface area contributed by atoms with Crippen LogP contribution in [0.25, 0.3) is 0 Å². The molecule has 0 amide bonds. The highest BCUT2D eigenvalue weighted by Gasteiger charge is 2.15. The molecule has 0 heterocycles. The van der Waals surface area contributed by atoms with E-state index >= 15 is 0 Å². The summed E-state index contributed by atoms with van der Waals surface area (Å²) < 4.78 is 10.7. The second-order valence-electron chi connectivity index (χ2n) is 4.38. The molecule has 2 aromatic carbocycles. The number of hydrogen-bond acceptors (Lipinski definition) is 4. The molecule has 0 aliphatic carbocycles. The van der Waals surface area contributed by atoms with Crippen molar-refractivity contribution in [2.45, 2.75) is 6.10 Å². The average Bonchev–Trinajstić information content (AvgIpc) is 2.53. The first kappa shape index (κ1) is 15.4. The van der Waals surface area contributed by atoms with Crippen LogP contribution in [0.15, 0.2) is 42.5 Å². The van der Waals surface area contributed by atoms with Gasteiger partial charge in [0.1, 0.15) is 12.7 Å². The third-order valence-corrected chi connectivity index (χ3v) is 3.18. The highest BCUT2D eigenvalue weighted by atomic mass is 35.5. The predicted molar refractivity (Wildman–Crippen MR) is 80.3 cm³/mol. The topological polar surface area (TPSA) is 55.8 Å². The standard InChI is InChI=1S/C16H15ClO4/c1-20-15-8-13(17)7-12(9-18)16(15)21-10-14(19)11-5-3-2-4-6-11/h2-9,14,19H,10H2,1H3. The summed E-state index contributed by atoms with van der Waals surface area (Å²) in [6.07, 6.45) is -0.162. The number of halogens is 1. The van der Waals surface area contributed by atoms with Crippen molar-refractivity contribution in [2.24, 2.45) is 0 Å². The Labute approximate surface area is 127 Å². The van der Waals surface area contributed by atoms with Crippen LogP contribution in [-0.2, 0) is 0 Å². The second-order valence-corrected chi connectivity index (χ2v) is 4.82. The minimum Gasteiger partial charge on any atom is -0.493 e. The molecular weight excluding hydrogens is 292 g/mol. The van der Waals surface area contributed by atoms with Gasteiger partial charge in [-0.1, -0.05) is 41.9 Å². The Morgan fingerprint density at radius 1 is 1.29 bits per heavy atom. The van der Waals surface area contributed by atoms with Gasteiger partial charge in [-0.2, -0.15) is 0 Å². The largest absolute Gasteiger partial charge is 0.493 e. The zero-order valence-electron chi connectivity index (χ0n) is 11.5. The molecule has 0 bridgehead atoms. The van der Waals surface area contributed by atoms with Crippen molar-refractivity contribution in [2.75, 3.05) is 13.7 Å². The lowest BCUT2D eigenvalue weighted by atomic mass is 10.1. The molecule has 0 aromatic heterocycles. The first-order valence-electron chi connectivity index (χ1n) is 6.34. The minimum atomic E-state index is -0.800. The van der Waals surface area contributed by atoms with Gasteiger partial charge in [0.2, 0.25) is 0 Å². The lowest BCUT2D eigenvalue weighted by Gasteiger charge is -2.16. The zero-order chi connectivity index (χ0) is 15.2. The summed E-state index contributed by atoms with van der Waals surface area (Å²) in [5, 5.41) is 10.5. The molecule has 110 valence electrons. The number of aldehydes is 1. The lowest BCUT2D eigenvalue weighted by molar-refractivity contribution is 0.103.